The molecule has 0 bridgehead atoms. The molecular formula is C15H18N2O. The van der Waals surface area contributed by atoms with Crippen LogP contribution in [-0.2, 0) is 0 Å². The first-order chi connectivity index (χ1) is 8.74. The van der Waals surface area contributed by atoms with Crippen LogP contribution in [0.1, 0.15) is 49.4 Å². The average molecular weight is 242 g/mol. The molecule has 1 N–H and O–H groups in total. The van der Waals surface area contributed by atoms with Gasteiger partial charge < -0.3 is 4.98 Å². The highest BCUT2D eigenvalue weighted by molar-refractivity contribution is 5.78. The molecule has 3 rings (SSSR count). The Kier molecular flexibility index (Phi) is 2.90. The lowest BCUT2D eigenvalue weighted by atomic mass is 9.88. The third kappa shape index (κ3) is 2.05. The number of benzene rings is 1. The van der Waals surface area contributed by atoms with Gasteiger partial charge in [0, 0.05) is 5.92 Å². The highest BCUT2D eigenvalue weighted by Gasteiger charge is 2.18. The second kappa shape index (κ2) is 4.56. The van der Waals surface area contributed by atoms with E-state index in [9.17, 15) is 4.79 Å². The molecule has 1 fully saturated rings. The minimum Gasteiger partial charge on any atom is -0.310 e. The summed E-state index contributed by atoms with van der Waals surface area (Å²) in [4.78, 5) is 19.7. The van der Waals surface area contributed by atoms with Gasteiger partial charge in [-0.15, -0.1) is 0 Å². The Morgan fingerprint density at radius 2 is 2.00 bits per heavy atom. The fraction of sp³-hybridized carbons (Fsp3) is 0.467. The van der Waals surface area contributed by atoms with Crippen LogP contribution in [0.3, 0.4) is 0 Å². The van der Waals surface area contributed by atoms with Crippen molar-refractivity contribution < 1.29 is 0 Å². The summed E-state index contributed by atoms with van der Waals surface area (Å²) < 4.78 is 0. The van der Waals surface area contributed by atoms with Crippen molar-refractivity contribution in [1.82, 2.24) is 9.97 Å². The molecule has 0 unspecified atom stereocenters. The lowest BCUT2D eigenvalue weighted by molar-refractivity contribution is 0.429. The lowest BCUT2D eigenvalue weighted by Gasteiger charge is -2.20. The summed E-state index contributed by atoms with van der Waals surface area (Å²) >= 11 is 0. The van der Waals surface area contributed by atoms with Gasteiger partial charge in [-0.3, -0.25) is 4.79 Å². The molecular weight excluding hydrogens is 224 g/mol. The first-order valence-electron chi connectivity index (χ1n) is 6.74. The van der Waals surface area contributed by atoms with E-state index in [0.717, 1.165) is 29.7 Å². The fourth-order valence-corrected chi connectivity index (χ4v) is 2.84. The largest absolute Gasteiger partial charge is 0.310 e. The van der Waals surface area contributed by atoms with Crippen LogP contribution in [0.25, 0.3) is 10.9 Å². The third-order valence-electron chi connectivity index (χ3n) is 3.87. The van der Waals surface area contributed by atoms with Crippen molar-refractivity contribution in [3.8, 4) is 0 Å². The van der Waals surface area contributed by atoms with E-state index in [-0.39, 0.29) is 5.56 Å². The summed E-state index contributed by atoms with van der Waals surface area (Å²) in [5.41, 5.74) is 1.93. The maximum Gasteiger partial charge on any atom is 0.258 e. The molecule has 1 aromatic carbocycles. The zero-order chi connectivity index (χ0) is 12.5. The number of aryl methyl sites for hydroxylation is 1. The van der Waals surface area contributed by atoms with Crippen molar-refractivity contribution in [2.24, 2.45) is 0 Å². The first-order valence-corrected chi connectivity index (χ1v) is 6.74. The third-order valence-corrected chi connectivity index (χ3v) is 3.87. The number of rotatable bonds is 1. The highest BCUT2D eigenvalue weighted by Crippen LogP contribution is 2.30. The molecule has 1 saturated carbocycles. The minimum absolute atomic E-state index is 0.00396. The van der Waals surface area contributed by atoms with Crippen molar-refractivity contribution in [2.45, 2.75) is 44.9 Å². The van der Waals surface area contributed by atoms with Gasteiger partial charge in [-0.2, -0.15) is 0 Å². The number of fused-ring (bicyclic) bond motifs is 1. The number of aromatic nitrogens is 2. The van der Waals surface area contributed by atoms with Crippen LogP contribution in [0.4, 0.5) is 0 Å². The molecule has 1 aliphatic rings. The zero-order valence-electron chi connectivity index (χ0n) is 10.7. The summed E-state index contributed by atoms with van der Waals surface area (Å²) in [5, 5.41) is 0.703. The second-order valence-corrected chi connectivity index (χ2v) is 5.31. The van der Waals surface area contributed by atoms with Gasteiger partial charge in [0.1, 0.15) is 5.82 Å². The summed E-state index contributed by atoms with van der Waals surface area (Å²) in [6, 6.07) is 5.87. The van der Waals surface area contributed by atoms with Gasteiger partial charge in [-0.25, -0.2) is 4.98 Å². The maximum atomic E-state index is 12.1. The predicted octanol–water partition coefficient (Wildman–Crippen LogP) is 3.28. The molecule has 2 aromatic rings. The smallest absolute Gasteiger partial charge is 0.258 e. The van der Waals surface area contributed by atoms with E-state index in [1.165, 1.54) is 19.3 Å². The molecule has 3 nitrogen and oxygen atoms in total. The Morgan fingerprint density at radius 3 is 2.78 bits per heavy atom. The Balaban J connectivity index is 2.09. The van der Waals surface area contributed by atoms with Crippen molar-refractivity contribution in [1.29, 1.82) is 0 Å². The summed E-state index contributed by atoms with van der Waals surface area (Å²) in [6.45, 7) is 1.99. The molecule has 0 aliphatic heterocycles. The van der Waals surface area contributed by atoms with Gasteiger partial charge in [0.2, 0.25) is 0 Å². The van der Waals surface area contributed by atoms with Crippen LogP contribution >= 0.6 is 0 Å². The Morgan fingerprint density at radius 1 is 1.22 bits per heavy atom. The van der Waals surface area contributed by atoms with Crippen LogP contribution in [-0.4, -0.2) is 9.97 Å². The average Bonchev–Trinajstić information content (AvgIpc) is 2.40. The monoisotopic (exact) mass is 242 g/mol. The van der Waals surface area contributed by atoms with Gasteiger partial charge in [0.15, 0.2) is 0 Å². The van der Waals surface area contributed by atoms with E-state index < -0.39 is 0 Å². The quantitative estimate of drug-likeness (QED) is 0.834. The van der Waals surface area contributed by atoms with E-state index in [4.69, 9.17) is 0 Å². The minimum atomic E-state index is 0.00396. The molecule has 1 aliphatic carbocycles. The molecule has 0 spiro atoms. The van der Waals surface area contributed by atoms with E-state index in [1.807, 2.05) is 25.1 Å². The zero-order valence-corrected chi connectivity index (χ0v) is 10.7. The molecule has 1 heterocycles. The van der Waals surface area contributed by atoms with E-state index in [1.54, 1.807) is 0 Å². The molecule has 0 radical (unpaired) electrons. The molecule has 0 amide bonds. The van der Waals surface area contributed by atoms with Crippen LogP contribution in [0.5, 0.6) is 0 Å². The number of nitrogens with zero attached hydrogens (tertiary/aromatic N) is 1. The van der Waals surface area contributed by atoms with E-state index in [0.29, 0.717) is 11.3 Å². The summed E-state index contributed by atoms with van der Waals surface area (Å²) in [7, 11) is 0. The lowest BCUT2D eigenvalue weighted by Crippen LogP contribution is -2.16. The van der Waals surface area contributed by atoms with Crippen molar-refractivity contribution in [2.75, 3.05) is 0 Å². The number of H-pyrrole nitrogens is 1. The standard InChI is InChI=1S/C15H18N2O/c1-10-7-8-13-12(9-10)15(18)17-14(16-13)11-5-3-2-4-6-11/h7-9,11H,2-6H2,1H3,(H,16,17,18). The molecule has 1 aromatic heterocycles. The topological polar surface area (TPSA) is 45.8 Å². The highest BCUT2D eigenvalue weighted by atomic mass is 16.1. The normalized spacial score (nSPS) is 17.2. The molecule has 94 valence electrons. The molecule has 0 atom stereocenters. The van der Waals surface area contributed by atoms with Gasteiger partial charge in [-0.05, 0) is 31.9 Å². The number of aromatic amines is 1. The summed E-state index contributed by atoms with van der Waals surface area (Å²) in [6.07, 6.45) is 6.12. The second-order valence-electron chi connectivity index (χ2n) is 5.31. The van der Waals surface area contributed by atoms with Crippen molar-refractivity contribution >= 4 is 10.9 Å². The van der Waals surface area contributed by atoms with E-state index >= 15 is 0 Å². The number of hydrogen-bond acceptors (Lipinski definition) is 2. The van der Waals surface area contributed by atoms with Gasteiger partial charge in [-0.1, -0.05) is 30.9 Å². The summed E-state index contributed by atoms with van der Waals surface area (Å²) in [5.74, 6) is 1.33. The maximum absolute atomic E-state index is 12.1. The Hall–Kier alpha value is -1.64. The SMILES string of the molecule is Cc1ccc2nc(C3CCCCC3)[nH]c(=O)c2c1. The molecule has 0 saturated heterocycles. The number of hydrogen-bond donors (Lipinski definition) is 1. The van der Waals surface area contributed by atoms with Gasteiger partial charge in [0.05, 0.1) is 10.9 Å². The Labute approximate surface area is 106 Å². The van der Waals surface area contributed by atoms with Crippen molar-refractivity contribution in [3.05, 3.63) is 39.9 Å². The fourth-order valence-electron chi connectivity index (χ4n) is 2.84. The Bertz CT molecular complexity index is 624. The van der Waals surface area contributed by atoms with E-state index in [2.05, 4.69) is 9.97 Å². The van der Waals surface area contributed by atoms with Crippen LogP contribution in [0.15, 0.2) is 23.0 Å². The van der Waals surface area contributed by atoms with Gasteiger partial charge >= 0.3 is 0 Å². The van der Waals surface area contributed by atoms with Gasteiger partial charge in [0.25, 0.3) is 5.56 Å². The molecule has 18 heavy (non-hydrogen) atoms. The van der Waals surface area contributed by atoms with Crippen LogP contribution < -0.4 is 5.56 Å². The van der Waals surface area contributed by atoms with Crippen LogP contribution in [0.2, 0.25) is 0 Å². The number of nitrogens with one attached hydrogen (secondary N) is 1. The van der Waals surface area contributed by atoms with Crippen LogP contribution in [0, 0.1) is 6.92 Å². The molecule has 3 heteroatoms. The first kappa shape index (κ1) is 11.5. The van der Waals surface area contributed by atoms with Crippen molar-refractivity contribution in [3.63, 3.8) is 0 Å². The predicted molar refractivity (Wildman–Crippen MR) is 72.9 cm³/mol.